The van der Waals surface area contributed by atoms with Gasteiger partial charge in [-0.2, -0.15) is 8.42 Å². The van der Waals surface area contributed by atoms with Crippen LogP contribution in [0.3, 0.4) is 0 Å². The maximum Gasteiger partial charge on any atom is 0.297 e. The second kappa shape index (κ2) is 7.08. The van der Waals surface area contributed by atoms with Crippen molar-refractivity contribution in [3.05, 3.63) is 29.8 Å². The van der Waals surface area contributed by atoms with Crippen LogP contribution in [0, 0.1) is 6.92 Å². The van der Waals surface area contributed by atoms with Crippen molar-refractivity contribution >= 4 is 10.1 Å². The molecule has 5 nitrogen and oxygen atoms in total. The molecule has 0 atom stereocenters. The molecule has 0 bridgehead atoms. The Kier molecular flexibility index (Phi) is 5.60. The molecule has 0 amide bonds. The zero-order valence-electron chi connectivity index (χ0n) is 13.4. The van der Waals surface area contributed by atoms with Crippen molar-refractivity contribution in [3.63, 3.8) is 0 Å². The molecule has 0 radical (unpaired) electrons. The second-order valence-corrected chi connectivity index (χ2v) is 7.18. The van der Waals surface area contributed by atoms with Crippen LogP contribution < -0.4 is 0 Å². The predicted octanol–water partition coefficient (Wildman–Crippen LogP) is 3.02. The van der Waals surface area contributed by atoms with Gasteiger partial charge in [-0.05, 0) is 38.8 Å². The first-order valence-corrected chi connectivity index (χ1v) is 9.01. The lowest BCUT2D eigenvalue weighted by molar-refractivity contribution is -0.242. The van der Waals surface area contributed by atoms with Gasteiger partial charge in [-0.25, -0.2) is 0 Å². The highest BCUT2D eigenvalue weighted by molar-refractivity contribution is 7.86. The molecule has 1 aromatic rings. The summed E-state index contributed by atoms with van der Waals surface area (Å²) in [4.78, 5) is 0.200. The third-order valence-corrected chi connectivity index (χ3v) is 5.42. The molecule has 1 aromatic carbocycles. The Labute approximate surface area is 132 Å². The molecule has 0 N–H and O–H groups in total. The zero-order chi connectivity index (χ0) is 16.2. The molecule has 0 aromatic heterocycles. The average molecular weight is 328 g/mol. The van der Waals surface area contributed by atoms with Gasteiger partial charge >= 0.3 is 0 Å². The van der Waals surface area contributed by atoms with E-state index >= 15 is 0 Å². The maximum absolute atomic E-state index is 12.3. The Bertz CT molecular complexity index is 571. The quantitative estimate of drug-likeness (QED) is 0.593. The van der Waals surface area contributed by atoms with E-state index < -0.39 is 15.9 Å². The van der Waals surface area contributed by atoms with E-state index in [0.717, 1.165) is 5.56 Å². The minimum Gasteiger partial charge on any atom is -0.353 e. The van der Waals surface area contributed by atoms with Crippen molar-refractivity contribution in [2.75, 3.05) is 13.7 Å². The van der Waals surface area contributed by atoms with Crippen LogP contribution in [0.4, 0.5) is 0 Å². The van der Waals surface area contributed by atoms with Gasteiger partial charge in [0, 0.05) is 26.6 Å². The third-order valence-electron chi connectivity index (χ3n) is 4.05. The van der Waals surface area contributed by atoms with Gasteiger partial charge in [-0.3, -0.25) is 4.18 Å². The molecular formula is C16H24O5S. The molecule has 1 saturated carbocycles. The van der Waals surface area contributed by atoms with E-state index in [9.17, 15) is 8.42 Å². The largest absolute Gasteiger partial charge is 0.353 e. The normalized spacial score (nSPS) is 26.0. The predicted molar refractivity (Wildman–Crippen MR) is 83.1 cm³/mol. The fraction of sp³-hybridized carbons (Fsp3) is 0.625. The lowest BCUT2D eigenvalue weighted by Gasteiger charge is -2.38. The molecular weight excluding hydrogens is 304 g/mol. The van der Waals surface area contributed by atoms with Gasteiger partial charge in [-0.15, -0.1) is 0 Å². The van der Waals surface area contributed by atoms with Gasteiger partial charge in [-0.1, -0.05) is 17.7 Å². The summed E-state index contributed by atoms with van der Waals surface area (Å²) in [6.07, 6.45) is 2.13. The highest BCUT2D eigenvalue weighted by Crippen LogP contribution is 2.34. The van der Waals surface area contributed by atoms with E-state index in [1.807, 2.05) is 13.8 Å². The van der Waals surface area contributed by atoms with Crippen LogP contribution in [0.15, 0.2) is 29.2 Å². The fourth-order valence-electron chi connectivity index (χ4n) is 2.74. The summed E-state index contributed by atoms with van der Waals surface area (Å²) < 4.78 is 41.1. The van der Waals surface area contributed by atoms with Crippen LogP contribution in [0.5, 0.6) is 0 Å². The van der Waals surface area contributed by atoms with Crippen LogP contribution in [0.1, 0.15) is 38.2 Å². The summed E-state index contributed by atoms with van der Waals surface area (Å²) in [6.45, 7) is 4.41. The van der Waals surface area contributed by atoms with Gasteiger partial charge in [0.05, 0.1) is 11.0 Å². The van der Waals surface area contributed by atoms with Crippen molar-refractivity contribution in [2.24, 2.45) is 0 Å². The molecule has 0 unspecified atom stereocenters. The summed E-state index contributed by atoms with van der Waals surface area (Å²) >= 11 is 0. The second-order valence-electron chi connectivity index (χ2n) is 5.61. The smallest absolute Gasteiger partial charge is 0.297 e. The van der Waals surface area contributed by atoms with Crippen molar-refractivity contribution in [3.8, 4) is 0 Å². The van der Waals surface area contributed by atoms with Crippen LogP contribution in [0.2, 0.25) is 0 Å². The van der Waals surface area contributed by atoms with E-state index in [0.29, 0.717) is 32.3 Å². The fourth-order valence-corrected chi connectivity index (χ4v) is 3.87. The summed E-state index contributed by atoms with van der Waals surface area (Å²) in [5.74, 6) is -0.595. The summed E-state index contributed by atoms with van der Waals surface area (Å²) in [7, 11) is -2.09. The molecule has 0 aliphatic heterocycles. The Balaban J connectivity index is 1.99. The number of hydrogen-bond donors (Lipinski definition) is 0. The zero-order valence-corrected chi connectivity index (χ0v) is 14.2. The van der Waals surface area contributed by atoms with Crippen LogP contribution in [-0.4, -0.2) is 34.0 Å². The number of hydrogen-bond acceptors (Lipinski definition) is 5. The minimum absolute atomic E-state index is 0.200. The number of methoxy groups -OCH3 is 1. The highest BCUT2D eigenvalue weighted by atomic mass is 32.2. The Hall–Kier alpha value is -0.950. The molecule has 2 rings (SSSR count). The Morgan fingerprint density at radius 1 is 1.18 bits per heavy atom. The maximum atomic E-state index is 12.3. The van der Waals surface area contributed by atoms with E-state index in [1.54, 1.807) is 31.4 Å². The van der Waals surface area contributed by atoms with Crippen molar-refractivity contribution in [1.29, 1.82) is 0 Å². The van der Waals surface area contributed by atoms with Gasteiger partial charge in [0.1, 0.15) is 0 Å². The van der Waals surface area contributed by atoms with Gasteiger partial charge < -0.3 is 9.47 Å². The van der Waals surface area contributed by atoms with Gasteiger partial charge in [0.15, 0.2) is 5.79 Å². The van der Waals surface area contributed by atoms with E-state index in [2.05, 4.69) is 0 Å². The first-order chi connectivity index (χ1) is 10.4. The number of ether oxygens (including phenoxy) is 2. The topological polar surface area (TPSA) is 61.8 Å². The summed E-state index contributed by atoms with van der Waals surface area (Å²) in [6, 6.07) is 6.69. The number of aryl methyl sites for hydroxylation is 1. The van der Waals surface area contributed by atoms with E-state index in [1.165, 1.54) is 0 Å². The molecule has 0 heterocycles. The van der Waals surface area contributed by atoms with Crippen LogP contribution >= 0.6 is 0 Å². The lowest BCUT2D eigenvalue weighted by Crippen LogP contribution is -2.41. The molecule has 6 heteroatoms. The number of rotatable bonds is 6. The Morgan fingerprint density at radius 2 is 1.77 bits per heavy atom. The third kappa shape index (κ3) is 4.07. The minimum atomic E-state index is -3.71. The monoisotopic (exact) mass is 328 g/mol. The SMILES string of the molecule is CCOC1(OC)CCC(OS(=O)(=O)c2ccc(C)cc2)CC1. The molecule has 1 fully saturated rings. The number of benzene rings is 1. The first-order valence-electron chi connectivity index (χ1n) is 7.60. The average Bonchev–Trinajstić information content (AvgIpc) is 2.50. The summed E-state index contributed by atoms with van der Waals surface area (Å²) in [5.41, 5.74) is 1.01. The molecule has 0 spiro atoms. The van der Waals surface area contributed by atoms with Crippen molar-refractivity contribution in [1.82, 2.24) is 0 Å². The highest BCUT2D eigenvalue weighted by Gasteiger charge is 2.38. The first kappa shape index (κ1) is 17.4. The van der Waals surface area contributed by atoms with Gasteiger partial charge in [0.2, 0.25) is 0 Å². The molecule has 1 aliphatic rings. The molecule has 0 saturated heterocycles. The summed E-state index contributed by atoms with van der Waals surface area (Å²) in [5, 5.41) is 0. The van der Waals surface area contributed by atoms with Crippen LogP contribution in [-0.2, 0) is 23.8 Å². The standard InChI is InChI=1S/C16H24O5S/c1-4-20-16(19-3)11-9-14(10-12-16)21-22(17,18)15-7-5-13(2)6-8-15/h5-8,14H,4,9-12H2,1-3H3. The Morgan fingerprint density at radius 3 is 2.27 bits per heavy atom. The van der Waals surface area contributed by atoms with Gasteiger partial charge in [0.25, 0.3) is 10.1 Å². The van der Waals surface area contributed by atoms with Crippen LogP contribution in [0.25, 0.3) is 0 Å². The van der Waals surface area contributed by atoms with E-state index in [-0.39, 0.29) is 11.0 Å². The lowest BCUT2D eigenvalue weighted by atomic mass is 9.92. The van der Waals surface area contributed by atoms with Crippen molar-refractivity contribution < 1.29 is 22.1 Å². The molecule has 124 valence electrons. The van der Waals surface area contributed by atoms with E-state index in [4.69, 9.17) is 13.7 Å². The molecule has 22 heavy (non-hydrogen) atoms. The van der Waals surface area contributed by atoms with Crippen molar-refractivity contribution in [2.45, 2.75) is 56.3 Å². The molecule has 1 aliphatic carbocycles.